The van der Waals surface area contributed by atoms with Crippen LogP contribution in [0.2, 0.25) is 0 Å². The maximum Gasteiger partial charge on any atom is 0.0411 e. The van der Waals surface area contributed by atoms with E-state index in [1.54, 1.807) is 0 Å². The van der Waals surface area contributed by atoms with Crippen LogP contribution < -0.4 is 15.1 Å². The summed E-state index contributed by atoms with van der Waals surface area (Å²) in [6.45, 7) is 5.60. The van der Waals surface area contributed by atoms with Crippen LogP contribution in [-0.2, 0) is 0 Å². The summed E-state index contributed by atoms with van der Waals surface area (Å²) in [5.41, 5.74) is 4.45. The zero-order valence-electron chi connectivity index (χ0n) is 13.8. The quantitative estimate of drug-likeness (QED) is 0.901. The van der Waals surface area contributed by atoms with Crippen LogP contribution in [0.5, 0.6) is 0 Å². The highest BCUT2D eigenvalue weighted by Gasteiger charge is 2.36. The zero-order chi connectivity index (χ0) is 14.9. The Bertz CT molecular complexity index is 484. The molecule has 1 aromatic carbocycles. The van der Waals surface area contributed by atoms with Gasteiger partial charge in [0, 0.05) is 50.6 Å². The normalized spacial score (nSPS) is 21.6. The van der Waals surface area contributed by atoms with Crippen molar-refractivity contribution < 1.29 is 0 Å². The molecule has 3 nitrogen and oxygen atoms in total. The monoisotopic (exact) mass is 287 g/mol. The fourth-order valence-electron chi connectivity index (χ4n) is 4.02. The van der Waals surface area contributed by atoms with Crippen molar-refractivity contribution >= 4 is 11.4 Å². The molecule has 0 bridgehead atoms. The summed E-state index contributed by atoms with van der Waals surface area (Å²) in [4.78, 5) is 4.81. The Hall–Kier alpha value is -1.22. The van der Waals surface area contributed by atoms with E-state index in [0.29, 0.717) is 5.54 Å². The minimum atomic E-state index is 0.375. The Labute approximate surface area is 129 Å². The summed E-state index contributed by atoms with van der Waals surface area (Å²) in [6.07, 6.45) is 6.87. The van der Waals surface area contributed by atoms with Crippen molar-refractivity contribution in [2.75, 3.05) is 43.5 Å². The average molecular weight is 287 g/mol. The van der Waals surface area contributed by atoms with Crippen molar-refractivity contribution in [2.45, 2.75) is 44.6 Å². The first-order valence-electron chi connectivity index (χ1n) is 8.38. The van der Waals surface area contributed by atoms with Crippen molar-refractivity contribution in [1.29, 1.82) is 0 Å². The minimum Gasteiger partial charge on any atom is -0.377 e. The molecular weight excluding hydrogens is 258 g/mol. The molecule has 21 heavy (non-hydrogen) atoms. The van der Waals surface area contributed by atoms with Gasteiger partial charge in [-0.15, -0.1) is 0 Å². The topological polar surface area (TPSA) is 18.5 Å². The third-order valence-corrected chi connectivity index (χ3v) is 5.23. The van der Waals surface area contributed by atoms with Gasteiger partial charge in [0.25, 0.3) is 0 Å². The van der Waals surface area contributed by atoms with E-state index in [1.807, 2.05) is 0 Å². The summed E-state index contributed by atoms with van der Waals surface area (Å²) < 4.78 is 0. The first-order valence-corrected chi connectivity index (χ1v) is 8.38. The molecule has 1 N–H and O–H groups in total. The zero-order valence-corrected chi connectivity index (χ0v) is 13.8. The van der Waals surface area contributed by atoms with Crippen LogP contribution in [0.1, 0.15) is 37.7 Å². The van der Waals surface area contributed by atoms with Gasteiger partial charge in [0.15, 0.2) is 0 Å². The number of benzene rings is 1. The SMILES string of the molecule is Cc1ccc(N2CCNC3(CCCCC3)C2)cc1N(C)C. The molecule has 0 unspecified atom stereocenters. The van der Waals surface area contributed by atoms with Crippen LogP contribution >= 0.6 is 0 Å². The standard InChI is InChI=1S/C18H29N3/c1-15-7-8-16(13-17(15)20(2)3)21-12-11-19-18(14-21)9-5-4-6-10-18/h7-8,13,19H,4-6,9-12,14H2,1-3H3. The fraction of sp³-hybridized carbons (Fsp3) is 0.667. The van der Waals surface area contributed by atoms with E-state index in [1.165, 1.54) is 55.6 Å². The second-order valence-electron chi connectivity index (χ2n) is 7.05. The summed E-state index contributed by atoms with van der Waals surface area (Å²) in [7, 11) is 4.26. The maximum atomic E-state index is 3.83. The van der Waals surface area contributed by atoms with E-state index >= 15 is 0 Å². The Morgan fingerprint density at radius 1 is 1.14 bits per heavy atom. The molecule has 1 aromatic rings. The third-order valence-electron chi connectivity index (χ3n) is 5.23. The molecule has 2 fully saturated rings. The van der Waals surface area contributed by atoms with Gasteiger partial charge in [-0.1, -0.05) is 25.3 Å². The van der Waals surface area contributed by atoms with Crippen LogP contribution in [0.3, 0.4) is 0 Å². The maximum absolute atomic E-state index is 3.83. The summed E-state index contributed by atoms with van der Waals surface area (Å²) in [5.74, 6) is 0. The number of rotatable bonds is 2. The Morgan fingerprint density at radius 2 is 1.90 bits per heavy atom. The predicted octanol–water partition coefficient (Wildman–Crippen LogP) is 3.17. The van der Waals surface area contributed by atoms with Gasteiger partial charge in [-0.2, -0.15) is 0 Å². The van der Waals surface area contributed by atoms with Gasteiger partial charge in [-0.05, 0) is 37.5 Å². The smallest absolute Gasteiger partial charge is 0.0411 e. The van der Waals surface area contributed by atoms with Gasteiger partial charge in [-0.3, -0.25) is 0 Å². The second kappa shape index (κ2) is 5.88. The first kappa shape index (κ1) is 14.7. The molecule has 2 aliphatic rings. The lowest BCUT2D eigenvalue weighted by Crippen LogP contribution is -2.61. The molecule has 0 amide bonds. The molecule has 3 rings (SSSR count). The van der Waals surface area contributed by atoms with E-state index in [9.17, 15) is 0 Å². The van der Waals surface area contributed by atoms with Crippen LogP contribution in [-0.4, -0.2) is 39.3 Å². The number of nitrogens with one attached hydrogen (secondary N) is 1. The van der Waals surface area contributed by atoms with Gasteiger partial charge < -0.3 is 15.1 Å². The number of nitrogens with zero attached hydrogens (tertiary/aromatic N) is 2. The molecule has 0 radical (unpaired) electrons. The van der Waals surface area contributed by atoms with E-state index in [4.69, 9.17) is 0 Å². The molecule has 0 atom stereocenters. The highest BCUT2D eigenvalue weighted by atomic mass is 15.2. The third kappa shape index (κ3) is 3.03. The highest BCUT2D eigenvalue weighted by Crippen LogP contribution is 2.33. The molecule has 0 aromatic heterocycles. The molecule has 1 saturated heterocycles. The van der Waals surface area contributed by atoms with Crippen molar-refractivity contribution in [3.05, 3.63) is 23.8 Å². The van der Waals surface area contributed by atoms with E-state index in [2.05, 4.69) is 54.3 Å². The predicted molar refractivity (Wildman–Crippen MR) is 91.5 cm³/mol. The van der Waals surface area contributed by atoms with Crippen LogP contribution in [0, 0.1) is 6.92 Å². The second-order valence-corrected chi connectivity index (χ2v) is 7.05. The van der Waals surface area contributed by atoms with E-state index in [0.717, 1.165) is 13.1 Å². The number of hydrogen-bond acceptors (Lipinski definition) is 3. The molecular formula is C18H29N3. The van der Waals surface area contributed by atoms with Crippen molar-refractivity contribution in [3.63, 3.8) is 0 Å². The largest absolute Gasteiger partial charge is 0.377 e. The molecule has 1 aliphatic carbocycles. The number of anilines is 2. The number of hydrogen-bond donors (Lipinski definition) is 1. The highest BCUT2D eigenvalue weighted by molar-refractivity contribution is 5.63. The summed E-state index contributed by atoms with van der Waals surface area (Å²) in [6, 6.07) is 6.92. The van der Waals surface area contributed by atoms with Gasteiger partial charge in [-0.25, -0.2) is 0 Å². The van der Waals surface area contributed by atoms with Gasteiger partial charge in [0.1, 0.15) is 0 Å². The lowest BCUT2D eigenvalue weighted by Gasteiger charge is -2.47. The summed E-state index contributed by atoms with van der Waals surface area (Å²) in [5, 5.41) is 3.83. The average Bonchev–Trinajstić information content (AvgIpc) is 2.48. The van der Waals surface area contributed by atoms with Crippen LogP contribution in [0.15, 0.2) is 18.2 Å². The Balaban J connectivity index is 1.81. The number of piperazine rings is 1. The lowest BCUT2D eigenvalue weighted by atomic mass is 9.80. The molecule has 1 saturated carbocycles. The number of aryl methyl sites for hydroxylation is 1. The molecule has 116 valence electrons. The van der Waals surface area contributed by atoms with Gasteiger partial charge in [0.05, 0.1) is 0 Å². The van der Waals surface area contributed by atoms with E-state index in [-0.39, 0.29) is 0 Å². The van der Waals surface area contributed by atoms with Crippen molar-refractivity contribution in [1.82, 2.24) is 5.32 Å². The minimum absolute atomic E-state index is 0.375. The van der Waals surface area contributed by atoms with Crippen molar-refractivity contribution in [3.8, 4) is 0 Å². The van der Waals surface area contributed by atoms with Crippen LogP contribution in [0.25, 0.3) is 0 Å². The van der Waals surface area contributed by atoms with Gasteiger partial charge >= 0.3 is 0 Å². The molecule has 3 heteroatoms. The summed E-state index contributed by atoms with van der Waals surface area (Å²) >= 11 is 0. The lowest BCUT2D eigenvalue weighted by molar-refractivity contribution is 0.216. The van der Waals surface area contributed by atoms with Gasteiger partial charge in [0.2, 0.25) is 0 Å². The van der Waals surface area contributed by atoms with Crippen LogP contribution in [0.4, 0.5) is 11.4 Å². The van der Waals surface area contributed by atoms with Crippen molar-refractivity contribution in [2.24, 2.45) is 0 Å². The Kier molecular flexibility index (Phi) is 4.12. The fourth-order valence-corrected chi connectivity index (χ4v) is 4.02. The Morgan fingerprint density at radius 3 is 2.62 bits per heavy atom. The first-order chi connectivity index (χ1) is 10.1. The van der Waals surface area contributed by atoms with E-state index < -0.39 is 0 Å². The molecule has 1 aliphatic heterocycles. The molecule has 1 spiro atoms. The molecule has 1 heterocycles.